The maximum atomic E-state index is 10.5. The first kappa shape index (κ1) is 14.4. The number of aliphatic hydroxyl groups excluding tert-OH is 1. The molecule has 0 amide bonds. The summed E-state index contributed by atoms with van der Waals surface area (Å²) in [6, 6.07) is 12.7. The van der Waals surface area contributed by atoms with Crippen LogP contribution in [0, 0.1) is 0 Å². The van der Waals surface area contributed by atoms with Crippen LogP contribution >= 0.6 is 27.5 Å². The summed E-state index contributed by atoms with van der Waals surface area (Å²) in [4.78, 5) is 0. The zero-order valence-corrected chi connectivity index (χ0v) is 13.5. The second kappa shape index (κ2) is 5.72. The van der Waals surface area contributed by atoms with Crippen LogP contribution in [0.3, 0.4) is 0 Å². The van der Waals surface area contributed by atoms with Crippen LogP contribution in [0.2, 0.25) is 5.02 Å². The van der Waals surface area contributed by atoms with E-state index in [1.807, 2.05) is 24.3 Å². The highest BCUT2D eigenvalue weighted by Gasteiger charge is 2.18. The summed E-state index contributed by atoms with van der Waals surface area (Å²) in [5.74, 6) is 0.992. The van der Waals surface area contributed by atoms with E-state index in [-0.39, 0.29) is 0 Å². The van der Waals surface area contributed by atoms with Gasteiger partial charge in [0.2, 0.25) is 0 Å². The Hall–Kier alpha value is -1.49. The van der Waals surface area contributed by atoms with Gasteiger partial charge in [-0.15, -0.1) is 0 Å². The Morgan fingerprint density at radius 3 is 2.76 bits per heavy atom. The van der Waals surface area contributed by atoms with Gasteiger partial charge in [0.25, 0.3) is 0 Å². The molecule has 0 saturated heterocycles. The van der Waals surface area contributed by atoms with Crippen molar-refractivity contribution in [2.24, 2.45) is 0 Å². The molecule has 3 aromatic rings. The molecule has 108 valence electrons. The second-order valence-corrected chi connectivity index (χ2v) is 5.87. The zero-order valence-electron chi connectivity index (χ0n) is 11.1. The Morgan fingerprint density at radius 1 is 1.24 bits per heavy atom. The average Bonchev–Trinajstić information content (AvgIpc) is 2.92. The molecular formula is C16H12BrClO3. The van der Waals surface area contributed by atoms with Crippen LogP contribution in [-0.4, -0.2) is 12.2 Å². The number of halogens is 2. The number of furan rings is 1. The molecule has 5 heteroatoms. The summed E-state index contributed by atoms with van der Waals surface area (Å²) in [5.41, 5.74) is 1.37. The molecule has 2 aromatic carbocycles. The lowest BCUT2D eigenvalue weighted by Crippen LogP contribution is -1.98. The zero-order chi connectivity index (χ0) is 15.0. The van der Waals surface area contributed by atoms with Crippen LogP contribution in [0.4, 0.5) is 0 Å². The van der Waals surface area contributed by atoms with E-state index < -0.39 is 6.10 Å². The monoisotopic (exact) mass is 366 g/mol. The molecule has 0 aliphatic carbocycles. The summed E-state index contributed by atoms with van der Waals surface area (Å²) in [7, 11) is 1.54. The van der Waals surface area contributed by atoms with E-state index >= 15 is 0 Å². The van der Waals surface area contributed by atoms with Crippen LogP contribution in [0.25, 0.3) is 11.0 Å². The number of ether oxygens (including phenoxy) is 1. The molecule has 1 unspecified atom stereocenters. The van der Waals surface area contributed by atoms with E-state index in [1.165, 1.54) is 7.11 Å². The fourth-order valence-electron chi connectivity index (χ4n) is 2.19. The minimum Gasteiger partial charge on any atom is -0.495 e. The lowest BCUT2D eigenvalue weighted by atomic mass is 10.1. The normalized spacial score (nSPS) is 12.6. The van der Waals surface area contributed by atoms with Crippen molar-refractivity contribution in [3.63, 3.8) is 0 Å². The number of fused-ring (bicyclic) bond motifs is 1. The van der Waals surface area contributed by atoms with Crippen LogP contribution in [0.1, 0.15) is 17.4 Å². The molecule has 3 nitrogen and oxygen atoms in total. The third-order valence-corrected chi connectivity index (χ3v) is 4.21. The maximum absolute atomic E-state index is 10.5. The predicted octanol–water partition coefficient (Wildman–Crippen LogP) is 4.94. The Kier molecular flexibility index (Phi) is 3.93. The molecule has 0 fully saturated rings. The minimum absolute atomic E-state index is 0.473. The molecule has 21 heavy (non-hydrogen) atoms. The van der Waals surface area contributed by atoms with Gasteiger partial charge in [0.05, 0.1) is 16.6 Å². The van der Waals surface area contributed by atoms with Gasteiger partial charge in [0.15, 0.2) is 0 Å². The number of benzene rings is 2. The van der Waals surface area contributed by atoms with Crippen molar-refractivity contribution in [3.05, 3.63) is 63.3 Å². The maximum Gasteiger partial charge on any atom is 0.148 e. The van der Waals surface area contributed by atoms with Gasteiger partial charge in [-0.1, -0.05) is 29.8 Å². The van der Waals surface area contributed by atoms with Crippen molar-refractivity contribution in [1.82, 2.24) is 0 Å². The Labute approximate surface area is 135 Å². The Morgan fingerprint density at radius 2 is 2.05 bits per heavy atom. The van der Waals surface area contributed by atoms with Crippen molar-refractivity contribution in [2.45, 2.75) is 6.10 Å². The van der Waals surface area contributed by atoms with Crippen molar-refractivity contribution in [2.75, 3.05) is 7.11 Å². The van der Waals surface area contributed by atoms with Gasteiger partial charge in [0.1, 0.15) is 23.2 Å². The summed E-state index contributed by atoms with van der Waals surface area (Å²) < 4.78 is 11.8. The Bertz CT molecular complexity index is 797. The highest BCUT2D eigenvalue weighted by Crippen LogP contribution is 2.34. The molecule has 0 saturated carbocycles. The molecule has 0 spiro atoms. The van der Waals surface area contributed by atoms with E-state index in [0.29, 0.717) is 27.7 Å². The van der Waals surface area contributed by atoms with Crippen LogP contribution < -0.4 is 4.74 Å². The topological polar surface area (TPSA) is 42.6 Å². The smallest absolute Gasteiger partial charge is 0.148 e. The molecule has 0 radical (unpaired) electrons. The molecule has 1 atom stereocenters. The van der Waals surface area contributed by atoms with Gasteiger partial charge < -0.3 is 14.3 Å². The van der Waals surface area contributed by atoms with Gasteiger partial charge in [-0.05, 0) is 45.8 Å². The highest BCUT2D eigenvalue weighted by atomic mass is 79.9. The van der Waals surface area contributed by atoms with Crippen LogP contribution in [0.5, 0.6) is 5.75 Å². The van der Waals surface area contributed by atoms with Crippen molar-refractivity contribution in [3.8, 4) is 5.75 Å². The molecule has 0 aliphatic heterocycles. The lowest BCUT2D eigenvalue weighted by Gasteiger charge is -2.10. The highest BCUT2D eigenvalue weighted by molar-refractivity contribution is 9.10. The predicted molar refractivity (Wildman–Crippen MR) is 86.0 cm³/mol. The first-order valence-electron chi connectivity index (χ1n) is 6.29. The number of methoxy groups -OCH3 is 1. The standard InChI is InChI=1S/C16H12BrClO3/c1-20-13-7-9(5-6-12(13)18)15(19)14-8-10-3-2-4-11(17)16(10)21-14/h2-8,15,19H,1H3. The molecular weight excluding hydrogens is 356 g/mol. The lowest BCUT2D eigenvalue weighted by molar-refractivity contribution is 0.192. The van der Waals surface area contributed by atoms with Gasteiger partial charge >= 0.3 is 0 Å². The van der Waals surface area contributed by atoms with Gasteiger partial charge in [0, 0.05) is 5.39 Å². The van der Waals surface area contributed by atoms with Crippen LogP contribution in [0.15, 0.2) is 51.4 Å². The van der Waals surface area contributed by atoms with Gasteiger partial charge in [-0.25, -0.2) is 0 Å². The van der Waals surface area contributed by atoms with Gasteiger partial charge in [-0.3, -0.25) is 0 Å². The number of para-hydroxylation sites is 1. The summed E-state index contributed by atoms with van der Waals surface area (Å²) in [6.07, 6.45) is -0.879. The summed E-state index contributed by atoms with van der Waals surface area (Å²) >= 11 is 9.43. The molecule has 1 N–H and O–H groups in total. The third kappa shape index (κ3) is 2.67. The molecule has 0 bridgehead atoms. The van der Waals surface area contributed by atoms with Crippen molar-refractivity contribution in [1.29, 1.82) is 0 Å². The molecule has 1 aromatic heterocycles. The fraction of sp³-hybridized carbons (Fsp3) is 0.125. The summed E-state index contributed by atoms with van der Waals surface area (Å²) in [6.45, 7) is 0. The minimum atomic E-state index is -0.879. The number of aliphatic hydroxyl groups is 1. The number of rotatable bonds is 3. The van der Waals surface area contributed by atoms with E-state index in [0.717, 1.165) is 9.86 Å². The summed E-state index contributed by atoms with van der Waals surface area (Å²) in [5, 5.41) is 11.9. The first-order valence-corrected chi connectivity index (χ1v) is 7.46. The molecule has 0 aliphatic rings. The number of hydrogen-bond acceptors (Lipinski definition) is 3. The number of hydrogen-bond donors (Lipinski definition) is 1. The van der Waals surface area contributed by atoms with Gasteiger partial charge in [-0.2, -0.15) is 0 Å². The SMILES string of the molecule is COc1cc(C(O)c2cc3cccc(Br)c3o2)ccc1Cl. The molecule has 3 rings (SSSR count). The van der Waals surface area contributed by atoms with E-state index in [1.54, 1.807) is 18.2 Å². The van der Waals surface area contributed by atoms with E-state index in [2.05, 4.69) is 15.9 Å². The Balaban J connectivity index is 2.03. The second-order valence-electron chi connectivity index (χ2n) is 4.60. The van der Waals surface area contributed by atoms with Crippen LogP contribution in [-0.2, 0) is 0 Å². The first-order chi connectivity index (χ1) is 10.1. The van der Waals surface area contributed by atoms with E-state index in [9.17, 15) is 5.11 Å². The molecule has 1 heterocycles. The largest absolute Gasteiger partial charge is 0.495 e. The van der Waals surface area contributed by atoms with Crippen molar-refractivity contribution < 1.29 is 14.3 Å². The fourth-order valence-corrected chi connectivity index (χ4v) is 2.85. The third-order valence-electron chi connectivity index (χ3n) is 3.28. The quantitative estimate of drug-likeness (QED) is 0.713. The van der Waals surface area contributed by atoms with E-state index in [4.69, 9.17) is 20.8 Å². The van der Waals surface area contributed by atoms with Crippen molar-refractivity contribution >= 4 is 38.5 Å². The average molecular weight is 368 g/mol.